The number of para-hydroxylation sites is 1. The first-order valence-electron chi connectivity index (χ1n) is 7.30. The molecular formula is C18H23NO2. The van der Waals surface area contributed by atoms with E-state index in [1.165, 1.54) is 11.3 Å². The summed E-state index contributed by atoms with van der Waals surface area (Å²) in [7, 11) is 1.66. The topological polar surface area (TPSA) is 30.5 Å². The lowest BCUT2D eigenvalue weighted by Gasteiger charge is -2.15. The third-order valence-corrected chi connectivity index (χ3v) is 3.33. The zero-order valence-corrected chi connectivity index (χ0v) is 12.9. The number of anilines is 1. The van der Waals surface area contributed by atoms with E-state index in [4.69, 9.17) is 9.47 Å². The Kier molecular flexibility index (Phi) is 5.50. The Morgan fingerprint density at radius 1 is 0.952 bits per heavy atom. The molecule has 0 unspecified atom stereocenters. The van der Waals surface area contributed by atoms with Crippen LogP contribution in [0.5, 0.6) is 11.5 Å². The third-order valence-electron chi connectivity index (χ3n) is 3.33. The van der Waals surface area contributed by atoms with Crippen molar-refractivity contribution in [3.63, 3.8) is 0 Å². The van der Waals surface area contributed by atoms with Gasteiger partial charge < -0.3 is 14.8 Å². The molecule has 0 heterocycles. The van der Waals surface area contributed by atoms with Gasteiger partial charge in [-0.25, -0.2) is 0 Å². The van der Waals surface area contributed by atoms with Crippen LogP contribution in [-0.2, 0) is 0 Å². The fourth-order valence-corrected chi connectivity index (χ4v) is 2.19. The quantitative estimate of drug-likeness (QED) is 0.769. The van der Waals surface area contributed by atoms with Gasteiger partial charge in [0.25, 0.3) is 0 Å². The molecule has 2 aromatic carbocycles. The number of hydrogen-bond donors (Lipinski definition) is 1. The van der Waals surface area contributed by atoms with E-state index in [0.717, 1.165) is 18.0 Å². The molecule has 0 spiro atoms. The highest BCUT2D eigenvalue weighted by molar-refractivity contribution is 5.52. The molecule has 1 N–H and O–H groups in total. The van der Waals surface area contributed by atoms with Gasteiger partial charge in [-0.2, -0.15) is 0 Å². The summed E-state index contributed by atoms with van der Waals surface area (Å²) in [6, 6.07) is 16.0. The van der Waals surface area contributed by atoms with Crippen LogP contribution in [0.2, 0.25) is 0 Å². The molecule has 21 heavy (non-hydrogen) atoms. The normalized spacial score (nSPS) is 10.5. The molecule has 0 atom stereocenters. The van der Waals surface area contributed by atoms with Crippen LogP contribution in [0.1, 0.15) is 25.3 Å². The molecule has 0 aliphatic rings. The molecule has 0 aromatic heterocycles. The molecular weight excluding hydrogens is 262 g/mol. The lowest BCUT2D eigenvalue weighted by molar-refractivity contribution is 0.331. The maximum Gasteiger partial charge on any atom is 0.119 e. The molecule has 2 rings (SSSR count). The summed E-state index contributed by atoms with van der Waals surface area (Å²) < 4.78 is 10.8. The van der Waals surface area contributed by atoms with E-state index in [2.05, 4.69) is 43.4 Å². The van der Waals surface area contributed by atoms with Crippen molar-refractivity contribution in [2.45, 2.75) is 19.8 Å². The van der Waals surface area contributed by atoms with E-state index in [-0.39, 0.29) is 0 Å². The zero-order valence-electron chi connectivity index (χ0n) is 12.9. The summed E-state index contributed by atoms with van der Waals surface area (Å²) in [5.74, 6) is 2.21. The van der Waals surface area contributed by atoms with E-state index >= 15 is 0 Å². The Balaban J connectivity index is 1.82. The summed E-state index contributed by atoms with van der Waals surface area (Å²) >= 11 is 0. The summed E-state index contributed by atoms with van der Waals surface area (Å²) in [5.41, 5.74) is 2.52. The van der Waals surface area contributed by atoms with Crippen molar-refractivity contribution in [3.8, 4) is 11.5 Å². The number of rotatable bonds is 7. The first-order chi connectivity index (χ1) is 10.2. The average Bonchev–Trinajstić information content (AvgIpc) is 2.52. The van der Waals surface area contributed by atoms with Crippen LogP contribution in [0.25, 0.3) is 0 Å². The van der Waals surface area contributed by atoms with Gasteiger partial charge >= 0.3 is 0 Å². The van der Waals surface area contributed by atoms with Crippen LogP contribution >= 0.6 is 0 Å². The molecule has 0 aliphatic heterocycles. The molecule has 0 bridgehead atoms. The molecule has 3 heteroatoms. The Morgan fingerprint density at radius 2 is 1.62 bits per heavy atom. The highest BCUT2D eigenvalue weighted by atomic mass is 16.5. The SMILES string of the molecule is COc1ccc(OCCNc2ccccc2C(C)C)cc1. The second kappa shape index (κ2) is 7.58. The van der Waals surface area contributed by atoms with Crippen LogP contribution in [0, 0.1) is 0 Å². The predicted molar refractivity (Wildman–Crippen MR) is 87.5 cm³/mol. The van der Waals surface area contributed by atoms with E-state index in [1.807, 2.05) is 24.3 Å². The molecule has 0 radical (unpaired) electrons. The molecule has 2 aromatic rings. The highest BCUT2D eigenvalue weighted by Gasteiger charge is 2.04. The Bertz CT molecular complexity index is 549. The summed E-state index contributed by atoms with van der Waals surface area (Å²) in [6.07, 6.45) is 0. The van der Waals surface area contributed by atoms with Crippen molar-refractivity contribution in [1.29, 1.82) is 0 Å². The summed E-state index contributed by atoms with van der Waals surface area (Å²) in [5, 5.41) is 3.44. The van der Waals surface area contributed by atoms with Crippen LogP contribution < -0.4 is 14.8 Å². The first-order valence-corrected chi connectivity index (χ1v) is 7.30. The van der Waals surface area contributed by atoms with Gasteiger partial charge in [0.1, 0.15) is 18.1 Å². The Morgan fingerprint density at radius 3 is 2.29 bits per heavy atom. The molecule has 3 nitrogen and oxygen atoms in total. The van der Waals surface area contributed by atoms with Gasteiger partial charge in [0.15, 0.2) is 0 Å². The number of hydrogen-bond acceptors (Lipinski definition) is 3. The predicted octanol–water partition coefficient (Wildman–Crippen LogP) is 4.31. The van der Waals surface area contributed by atoms with Crippen molar-refractivity contribution >= 4 is 5.69 Å². The summed E-state index contributed by atoms with van der Waals surface area (Å²) in [4.78, 5) is 0. The van der Waals surface area contributed by atoms with E-state index in [9.17, 15) is 0 Å². The standard InChI is InChI=1S/C18H23NO2/c1-14(2)17-6-4-5-7-18(17)19-12-13-21-16-10-8-15(20-3)9-11-16/h4-11,14,19H,12-13H2,1-3H3. The minimum absolute atomic E-state index is 0.510. The Hall–Kier alpha value is -2.16. The molecule has 0 aliphatic carbocycles. The maximum atomic E-state index is 5.71. The molecule has 0 fully saturated rings. The highest BCUT2D eigenvalue weighted by Crippen LogP contribution is 2.23. The maximum absolute atomic E-state index is 5.71. The zero-order chi connectivity index (χ0) is 15.1. The monoisotopic (exact) mass is 285 g/mol. The van der Waals surface area contributed by atoms with Crippen molar-refractivity contribution < 1.29 is 9.47 Å². The van der Waals surface area contributed by atoms with Crippen molar-refractivity contribution in [1.82, 2.24) is 0 Å². The minimum atomic E-state index is 0.510. The minimum Gasteiger partial charge on any atom is -0.497 e. The second-order valence-corrected chi connectivity index (χ2v) is 5.19. The molecule has 112 valence electrons. The van der Waals surface area contributed by atoms with E-state index < -0.39 is 0 Å². The van der Waals surface area contributed by atoms with Crippen LogP contribution in [0.4, 0.5) is 5.69 Å². The van der Waals surface area contributed by atoms with Crippen LogP contribution in [0.15, 0.2) is 48.5 Å². The fourth-order valence-electron chi connectivity index (χ4n) is 2.19. The van der Waals surface area contributed by atoms with Gasteiger partial charge in [-0.05, 0) is 41.8 Å². The van der Waals surface area contributed by atoms with Gasteiger partial charge in [-0.1, -0.05) is 32.0 Å². The number of benzene rings is 2. The van der Waals surface area contributed by atoms with Gasteiger partial charge in [-0.3, -0.25) is 0 Å². The molecule has 0 saturated heterocycles. The van der Waals surface area contributed by atoms with Crippen molar-refractivity contribution in [3.05, 3.63) is 54.1 Å². The Labute approximate surface area is 126 Å². The van der Waals surface area contributed by atoms with Crippen LogP contribution in [0.3, 0.4) is 0 Å². The third kappa shape index (κ3) is 4.42. The van der Waals surface area contributed by atoms with Crippen molar-refractivity contribution in [2.75, 3.05) is 25.6 Å². The summed E-state index contributed by atoms with van der Waals surface area (Å²) in [6.45, 7) is 5.80. The second-order valence-electron chi connectivity index (χ2n) is 5.19. The van der Waals surface area contributed by atoms with Gasteiger partial charge in [-0.15, -0.1) is 0 Å². The molecule has 0 saturated carbocycles. The smallest absolute Gasteiger partial charge is 0.119 e. The average molecular weight is 285 g/mol. The van der Waals surface area contributed by atoms with Gasteiger partial charge in [0.05, 0.1) is 7.11 Å². The fraction of sp³-hybridized carbons (Fsp3) is 0.333. The number of ether oxygens (including phenoxy) is 2. The van der Waals surface area contributed by atoms with Crippen molar-refractivity contribution in [2.24, 2.45) is 0 Å². The lowest BCUT2D eigenvalue weighted by Crippen LogP contribution is -2.12. The van der Waals surface area contributed by atoms with E-state index in [1.54, 1.807) is 7.11 Å². The lowest BCUT2D eigenvalue weighted by atomic mass is 10.0. The van der Waals surface area contributed by atoms with Crippen LogP contribution in [-0.4, -0.2) is 20.3 Å². The number of nitrogens with one attached hydrogen (secondary N) is 1. The van der Waals surface area contributed by atoms with Gasteiger partial charge in [0, 0.05) is 12.2 Å². The van der Waals surface area contributed by atoms with Gasteiger partial charge in [0.2, 0.25) is 0 Å². The first kappa shape index (κ1) is 15.2. The van der Waals surface area contributed by atoms with E-state index in [0.29, 0.717) is 12.5 Å². The largest absolute Gasteiger partial charge is 0.497 e. The molecule has 0 amide bonds. The number of methoxy groups -OCH3 is 1.